The van der Waals surface area contributed by atoms with Crippen molar-refractivity contribution in [2.24, 2.45) is 0 Å². The molecule has 0 aliphatic carbocycles. The lowest BCUT2D eigenvalue weighted by Gasteiger charge is -2.10. The smallest absolute Gasteiger partial charge is 0.276 e. The molecule has 4 rings (SSSR count). The third-order valence-corrected chi connectivity index (χ3v) is 4.57. The Labute approximate surface area is 149 Å². The Morgan fingerprint density at radius 3 is 2.88 bits per heavy atom. The molecule has 6 nitrogen and oxygen atoms in total. The first kappa shape index (κ1) is 15.8. The van der Waals surface area contributed by atoms with E-state index >= 15 is 0 Å². The first-order valence-electron chi connectivity index (χ1n) is 7.98. The first-order valence-corrected chi connectivity index (χ1v) is 9.21. The van der Waals surface area contributed by atoms with E-state index in [1.165, 1.54) is 11.8 Å². The topological polar surface area (TPSA) is 64.9 Å². The van der Waals surface area contributed by atoms with Crippen LogP contribution in [0.4, 0.5) is 5.69 Å². The van der Waals surface area contributed by atoms with Crippen LogP contribution < -0.4 is 14.8 Å². The number of carbonyl (C=O) groups is 1. The summed E-state index contributed by atoms with van der Waals surface area (Å²) in [6.45, 7) is 1.24. The van der Waals surface area contributed by atoms with Crippen LogP contribution >= 0.6 is 11.8 Å². The third-order valence-electron chi connectivity index (χ3n) is 3.92. The molecule has 1 aliphatic heterocycles. The predicted octanol–water partition coefficient (Wildman–Crippen LogP) is 3.47. The van der Waals surface area contributed by atoms with Gasteiger partial charge in [-0.2, -0.15) is 0 Å². The summed E-state index contributed by atoms with van der Waals surface area (Å²) in [5.41, 5.74) is 1.83. The Morgan fingerprint density at radius 1 is 1.20 bits per heavy atom. The molecule has 2 aromatic heterocycles. The van der Waals surface area contributed by atoms with Gasteiger partial charge in [0, 0.05) is 24.4 Å². The monoisotopic (exact) mass is 355 g/mol. The molecule has 0 unspecified atom stereocenters. The van der Waals surface area contributed by atoms with Crippen LogP contribution in [0.25, 0.3) is 5.52 Å². The van der Waals surface area contributed by atoms with Gasteiger partial charge in [0.15, 0.2) is 22.3 Å². The molecule has 1 aromatic carbocycles. The van der Waals surface area contributed by atoms with E-state index in [0.29, 0.717) is 36.1 Å². The number of pyridine rings is 1. The lowest BCUT2D eigenvalue weighted by atomic mass is 10.2. The third kappa shape index (κ3) is 3.02. The molecular formula is C18H17N3O3S. The number of benzene rings is 1. The number of ether oxygens (including phenoxy) is 2. The second-order valence-electron chi connectivity index (χ2n) is 5.57. The molecule has 0 atom stereocenters. The fraction of sp³-hybridized carbons (Fsp3) is 0.222. The second-order valence-corrected chi connectivity index (χ2v) is 6.34. The molecular weight excluding hydrogens is 338 g/mol. The summed E-state index contributed by atoms with van der Waals surface area (Å²) < 4.78 is 13.2. The fourth-order valence-corrected chi connectivity index (χ4v) is 3.29. The Balaban J connectivity index is 1.63. The summed E-state index contributed by atoms with van der Waals surface area (Å²) in [6, 6.07) is 11.1. The summed E-state index contributed by atoms with van der Waals surface area (Å²) in [7, 11) is 0. The number of anilines is 1. The Morgan fingerprint density at radius 2 is 2.04 bits per heavy atom. The van der Waals surface area contributed by atoms with Crippen LogP contribution in [0.2, 0.25) is 0 Å². The van der Waals surface area contributed by atoms with Crippen LogP contribution in [0, 0.1) is 0 Å². The number of rotatable bonds is 3. The van der Waals surface area contributed by atoms with Gasteiger partial charge in [0.2, 0.25) is 0 Å². The van der Waals surface area contributed by atoms with E-state index in [9.17, 15) is 4.79 Å². The zero-order valence-corrected chi connectivity index (χ0v) is 14.5. The number of carbonyl (C=O) groups excluding carboxylic acids is 1. The summed E-state index contributed by atoms with van der Waals surface area (Å²) in [6.07, 6.45) is 4.68. The van der Waals surface area contributed by atoms with Crippen LogP contribution in [0.1, 0.15) is 16.9 Å². The molecule has 3 heterocycles. The SMILES string of the molecule is CSc1nc(C(=O)Nc2ccc3c(c2)OCCCO3)c2ccccn12. The molecule has 0 saturated heterocycles. The second kappa shape index (κ2) is 6.68. The van der Waals surface area contributed by atoms with E-state index in [2.05, 4.69) is 10.3 Å². The van der Waals surface area contributed by atoms with E-state index in [0.717, 1.165) is 17.1 Å². The van der Waals surface area contributed by atoms with E-state index in [-0.39, 0.29) is 5.91 Å². The maximum Gasteiger partial charge on any atom is 0.276 e. The number of hydrogen-bond acceptors (Lipinski definition) is 5. The Bertz CT molecular complexity index is 938. The number of aromatic nitrogens is 2. The number of imidazole rings is 1. The lowest BCUT2D eigenvalue weighted by molar-refractivity contribution is 0.102. The van der Waals surface area contributed by atoms with Crippen LogP contribution in [-0.4, -0.2) is 34.8 Å². The molecule has 1 amide bonds. The normalized spacial score (nSPS) is 13.5. The number of amides is 1. The summed E-state index contributed by atoms with van der Waals surface area (Å²) in [5, 5.41) is 3.68. The largest absolute Gasteiger partial charge is 0.490 e. The van der Waals surface area contributed by atoms with Crippen LogP contribution in [0.3, 0.4) is 0 Å². The zero-order chi connectivity index (χ0) is 17.2. The summed E-state index contributed by atoms with van der Waals surface area (Å²) >= 11 is 1.50. The number of thioether (sulfide) groups is 1. The molecule has 1 aliphatic rings. The number of hydrogen-bond donors (Lipinski definition) is 1. The van der Waals surface area contributed by atoms with E-state index < -0.39 is 0 Å². The van der Waals surface area contributed by atoms with Gasteiger partial charge in [0.1, 0.15) is 0 Å². The Kier molecular flexibility index (Phi) is 4.23. The van der Waals surface area contributed by atoms with E-state index in [1.807, 2.05) is 41.1 Å². The molecule has 3 aromatic rings. The first-order chi connectivity index (χ1) is 12.3. The minimum atomic E-state index is -0.251. The quantitative estimate of drug-likeness (QED) is 0.729. The van der Waals surface area contributed by atoms with E-state index in [1.54, 1.807) is 12.1 Å². The maximum absolute atomic E-state index is 12.7. The average Bonchev–Trinajstić information content (AvgIpc) is 2.85. The van der Waals surface area contributed by atoms with Crippen molar-refractivity contribution in [3.05, 3.63) is 48.3 Å². The van der Waals surface area contributed by atoms with Crippen molar-refractivity contribution in [2.75, 3.05) is 24.8 Å². The predicted molar refractivity (Wildman–Crippen MR) is 97.0 cm³/mol. The highest BCUT2D eigenvalue weighted by atomic mass is 32.2. The van der Waals surface area contributed by atoms with Gasteiger partial charge >= 0.3 is 0 Å². The van der Waals surface area contributed by atoms with Crippen molar-refractivity contribution in [1.29, 1.82) is 0 Å². The van der Waals surface area contributed by atoms with Gasteiger partial charge in [-0.1, -0.05) is 17.8 Å². The fourth-order valence-electron chi connectivity index (χ4n) is 2.75. The van der Waals surface area contributed by atoms with Gasteiger partial charge in [0.25, 0.3) is 5.91 Å². The molecule has 0 bridgehead atoms. The minimum absolute atomic E-state index is 0.251. The highest BCUT2D eigenvalue weighted by molar-refractivity contribution is 7.98. The van der Waals surface area contributed by atoms with Crippen molar-refractivity contribution >= 4 is 28.9 Å². The number of nitrogens with one attached hydrogen (secondary N) is 1. The minimum Gasteiger partial charge on any atom is -0.490 e. The van der Waals surface area contributed by atoms with Crippen molar-refractivity contribution in [3.8, 4) is 11.5 Å². The summed E-state index contributed by atoms with van der Waals surface area (Å²) in [5.74, 6) is 1.10. The van der Waals surface area contributed by atoms with Crippen molar-refractivity contribution in [3.63, 3.8) is 0 Å². The molecule has 7 heteroatoms. The molecule has 0 radical (unpaired) electrons. The molecule has 1 N–H and O–H groups in total. The van der Waals surface area contributed by atoms with Crippen molar-refractivity contribution in [2.45, 2.75) is 11.6 Å². The number of nitrogens with zero attached hydrogens (tertiary/aromatic N) is 2. The molecule has 0 fully saturated rings. The van der Waals surface area contributed by atoms with Gasteiger partial charge < -0.3 is 14.8 Å². The zero-order valence-electron chi connectivity index (χ0n) is 13.7. The van der Waals surface area contributed by atoms with Crippen molar-refractivity contribution in [1.82, 2.24) is 9.38 Å². The van der Waals surface area contributed by atoms with Crippen molar-refractivity contribution < 1.29 is 14.3 Å². The van der Waals surface area contributed by atoms with Gasteiger partial charge in [-0.3, -0.25) is 9.20 Å². The standard InChI is InChI=1S/C18H17N3O3S/c1-25-18-20-16(13-5-2-3-8-21(13)18)17(22)19-12-6-7-14-15(11-12)24-10-4-9-23-14/h2-3,5-8,11H,4,9-10H2,1H3,(H,19,22). The van der Waals surface area contributed by atoms with Gasteiger partial charge in [0.05, 0.1) is 18.7 Å². The molecule has 0 spiro atoms. The Hall–Kier alpha value is -2.67. The average molecular weight is 355 g/mol. The van der Waals surface area contributed by atoms with Crippen LogP contribution in [0.5, 0.6) is 11.5 Å². The summed E-state index contributed by atoms with van der Waals surface area (Å²) in [4.78, 5) is 17.2. The molecule has 25 heavy (non-hydrogen) atoms. The van der Waals surface area contributed by atoms with Crippen LogP contribution in [0.15, 0.2) is 47.8 Å². The maximum atomic E-state index is 12.7. The van der Waals surface area contributed by atoms with E-state index in [4.69, 9.17) is 9.47 Å². The number of fused-ring (bicyclic) bond motifs is 2. The van der Waals surface area contributed by atoms with Gasteiger partial charge in [-0.15, -0.1) is 0 Å². The van der Waals surface area contributed by atoms with Gasteiger partial charge in [-0.05, 0) is 30.5 Å². The molecule has 128 valence electrons. The highest BCUT2D eigenvalue weighted by Gasteiger charge is 2.18. The van der Waals surface area contributed by atoms with Crippen LogP contribution in [-0.2, 0) is 0 Å². The molecule has 0 saturated carbocycles. The highest BCUT2D eigenvalue weighted by Crippen LogP contribution is 2.32. The van der Waals surface area contributed by atoms with Gasteiger partial charge in [-0.25, -0.2) is 4.98 Å². The lowest BCUT2D eigenvalue weighted by Crippen LogP contribution is -2.13.